The van der Waals surface area contributed by atoms with E-state index in [4.69, 9.17) is 4.74 Å². The molecule has 0 spiro atoms. The normalized spacial score (nSPS) is 13.7. The van der Waals surface area contributed by atoms with Crippen LogP contribution >= 0.6 is 0 Å². The van der Waals surface area contributed by atoms with E-state index in [0.29, 0.717) is 24.3 Å². The second kappa shape index (κ2) is 11.3. The summed E-state index contributed by atoms with van der Waals surface area (Å²) in [7, 11) is 1.29. The fourth-order valence-electron chi connectivity index (χ4n) is 4.25. The van der Waals surface area contributed by atoms with Crippen molar-refractivity contribution in [2.75, 3.05) is 30.4 Å². The number of piperidine rings is 1. The Kier molecular flexibility index (Phi) is 7.98. The van der Waals surface area contributed by atoms with Gasteiger partial charge in [-0.05, 0) is 49.2 Å². The molecule has 1 aliphatic heterocycles. The fraction of sp³-hybridized carbons (Fsp3) is 0.296. The first kappa shape index (κ1) is 26.0. The van der Waals surface area contributed by atoms with Gasteiger partial charge in [-0.1, -0.05) is 13.8 Å². The van der Waals surface area contributed by atoms with Crippen LogP contribution in [0.2, 0.25) is 0 Å². The number of nitrogens with zero attached hydrogens (tertiary/aromatic N) is 3. The second-order valence-electron chi connectivity index (χ2n) is 8.31. The maximum Gasteiger partial charge on any atom is 0.259 e. The molecule has 1 aromatic carbocycles. The number of hydrogen-bond acceptors (Lipinski definition) is 7. The van der Waals surface area contributed by atoms with Gasteiger partial charge in [0.1, 0.15) is 11.6 Å². The lowest BCUT2D eigenvalue weighted by molar-refractivity contribution is 0.145. The van der Waals surface area contributed by atoms with Crippen LogP contribution in [0.5, 0.6) is 5.75 Å². The van der Waals surface area contributed by atoms with E-state index < -0.39 is 17.2 Å². The van der Waals surface area contributed by atoms with Crippen LogP contribution in [0.1, 0.15) is 26.7 Å². The molecule has 194 valence electrons. The van der Waals surface area contributed by atoms with Crippen molar-refractivity contribution in [3.8, 4) is 17.0 Å². The number of hydrogen-bond donors (Lipinski definition) is 3. The summed E-state index contributed by atoms with van der Waals surface area (Å²) in [4.78, 5) is 26.2. The smallest absolute Gasteiger partial charge is 0.259 e. The third-order valence-corrected chi connectivity index (χ3v) is 6.10. The van der Waals surface area contributed by atoms with Crippen LogP contribution in [-0.2, 0) is 0 Å². The van der Waals surface area contributed by atoms with Crippen molar-refractivity contribution in [2.24, 2.45) is 0 Å². The first-order valence-corrected chi connectivity index (χ1v) is 12.2. The van der Waals surface area contributed by atoms with Crippen molar-refractivity contribution >= 4 is 28.1 Å². The molecule has 3 aromatic heterocycles. The van der Waals surface area contributed by atoms with Gasteiger partial charge in [0, 0.05) is 19.3 Å². The Morgan fingerprint density at radius 3 is 2.57 bits per heavy atom. The second-order valence-corrected chi connectivity index (χ2v) is 8.31. The van der Waals surface area contributed by atoms with E-state index in [0.717, 1.165) is 24.8 Å². The minimum absolute atomic E-state index is 0.00277. The highest BCUT2D eigenvalue weighted by Crippen LogP contribution is 2.34. The topological polar surface area (TPSA) is 103 Å². The predicted octanol–water partition coefficient (Wildman–Crippen LogP) is 5.00. The Bertz CT molecular complexity index is 1430. The Morgan fingerprint density at radius 2 is 1.89 bits per heavy atom. The van der Waals surface area contributed by atoms with E-state index in [9.17, 15) is 18.7 Å². The summed E-state index contributed by atoms with van der Waals surface area (Å²) in [5.74, 6) is -1.37. The number of ether oxygens (including phenoxy) is 1. The molecule has 0 saturated carbocycles. The van der Waals surface area contributed by atoms with Crippen LogP contribution in [-0.4, -0.2) is 46.4 Å². The highest BCUT2D eigenvalue weighted by atomic mass is 19.1. The van der Waals surface area contributed by atoms with Gasteiger partial charge in [0.15, 0.2) is 11.6 Å². The van der Waals surface area contributed by atoms with Crippen molar-refractivity contribution in [3.63, 3.8) is 0 Å². The standard InChI is InChI=1S/C25H23F2N5O3.C2H6/c1-35-20-4-3-16(26)22(24(20)27)18-12-19(23-17(30-18)6-9-28-25(23)34)31-21-5-2-14(13-29-21)32-10-7-15(33)8-11-32;1-2/h2-6,9,12-13,15,33H,7-8,10-11H2,1H3,(H,28,34)(H,29,30,31);1-2H3. The molecular weight excluding hydrogens is 480 g/mol. The zero-order chi connectivity index (χ0) is 26.5. The van der Waals surface area contributed by atoms with Gasteiger partial charge < -0.3 is 25.0 Å². The van der Waals surface area contributed by atoms with Crippen molar-refractivity contribution in [2.45, 2.75) is 32.8 Å². The van der Waals surface area contributed by atoms with Crippen molar-refractivity contribution in [1.82, 2.24) is 15.0 Å². The molecule has 0 unspecified atom stereocenters. The van der Waals surface area contributed by atoms with E-state index in [1.165, 1.54) is 25.4 Å². The number of aliphatic hydroxyl groups excluding tert-OH is 1. The summed E-state index contributed by atoms with van der Waals surface area (Å²) in [5.41, 5.74) is 0.724. The van der Waals surface area contributed by atoms with Crippen LogP contribution in [0, 0.1) is 11.6 Å². The summed E-state index contributed by atoms with van der Waals surface area (Å²) >= 11 is 0. The van der Waals surface area contributed by atoms with E-state index in [-0.39, 0.29) is 34.0 Å². The minimum atomic E-state index is -0.885. The first-order chi connectivity index (χ1) is 17.9. The van der Waals surface area contributed by atoms with Crippen LogP contribution < -0.4 is 20.5 Å². The molecule has 0 bridgehead atoms. The number of aromatic amines is 1. The van der Waals surface area contributed by atoms with E-state index in [2.05, 4.69) is 25.2 Å². The molecular formula is C27H29F2N5O3. The average molecular weight is 510 g/mol. The summed E-state index contributed by atoms with van der Waals surface area (Å²) < 4.78 is 34.6. The van der Waals surface area contributed by atoms with E-state index >= 15 is 0 Å². The van der Waals surface area contributed by atoms with Gasteiger partial charge in [-0.3, -0.25) is 4.79 Å². The first-order valence-electron chi connectivity index (χ1n) is 12.2. The highest BCUT2D eigenvalue weighted by molar-refractivity contribution is 5.94. The summed E-state index contributed by atoms with van der Waals surface area (Å²) in [6.45, 7) is 5.47. The van der Waals surface area contributed by atoms with Gasteiger partial charge in [-0.25, -0.2) is 18.7 Å². The van der Waals surface area contributed by atoms with Crippen LogP contribution in [0.4, 0.5) is 26.0 Å². The molecule has 0 radical (unpaired) electrons. The summed E-state index contributed by atoms with van der Waals surface area (Å²) in [6, 6.07) is 8.93. The quantitative estimate of drug-likeness (QED) is 0.348. The molecule has 8 nitrogen and oxygen atoms in total. The maximum atomic E-state index is 15.0. The molecule has 0 atom stereocenters. The van der Waals surface area contributed by atoms with Gasteiger partial charge in [-0.15, -0.1) is 0 Å². The number of anilines is 3. The Labute approximate surface area is 213 Å². The number of halogens is 2. The van der Waals surface area contributed by atoms with Crippen LogP contribution in [0.25, 0.3) is 22.2 Å². The van der Waals surface area contributed by atoms with Crippen LogP contribution in [0.15, 0.2) is 53.6 Å². The third-order valence-electron chi connectivity index (χ3n) is 6.10. The average Bonchev–Trinajstić information content (AvgIpc) is 2.91. The molecule has 1 aliphatic rings. The number of nitrogens with one attached hydrogen (secondary N) is 2. The van der Waals surface area contributed by atoms with Crippen LogP contribution in [0.3, 0.4) is 0 Å². The molecule has 5 rings (SSSR count). The molecule has 1 fully saturated rings. The molecule has 4 aromatic rings. The SMILES string of the molecule is CC.COc1ccc(F)c(-c2cc(Nc3ccc(N4CCC(O)CC4)cn3)c3c(=O)[nH]ccc3n2)c1F. The molecule has 10 heteroatoms. The van der Waals surface area contributed by atoms with E-state index in [1.54, 1.807) is 18.3 Å². The number of pyridine rings is 3. The zero-order valence-corrected chi connectivity index (χ0v) is 20.9. The fourth-order valence-corrected chi connectivity index (χ4v) is 4.25. The van der Waals surface area contributed by atoms with Crippen molar-refractivity contribution < 1.29 is 18.6 Å². The van der Waals surface area contributed by atoms with Gasteiger partial charge in [-0.2, -0.15) is 0 Å². The van der Waals surface area contributed by atoms with Gasteiger partial charge in [0.25, 0.3) is 5.56 Å². The molecule has 0 amide bonds. The largest absolute Gasteiger partial charge is 0.494 e. The van der Waals surface area contributed by atoms with Gasteiger partial charge >= 0.3 is 0 Å². The summed E-state index contributed by atoms with van der Waals surface area (Å²) in [5, 5.41) is 13.0. The zero-order valence-electron chi connectivity index (χ0n) is 20.9. The minimum Gasteiger partial charge on any atom is -0.494 e. The Balaban J connectivity index is 0.00000156. The number of benzene rings is 1. The van der Waals surface area contributed by atoms with Gasteiger partial charge in [0.2, 0.25) is 0 Å². The molecule has 4 heterocycles. The lowest BCUT2D eigenvalue weighted by atomic mass is 10.1. The lowest BCUT2D eigenvalue weighted by Crippen LogP contribution is -2.35. The number of H-pyrrole nitrogens is 1. The highest BCUT2D eigenvalue weighted by Gasteiger charge is 2.21. The number of fused-ring (bicyclic) bond motifs is 1. The predicted molar refractivity (Wildman–Crippen MR) is 141 cm³/mol. The monoisotopic (exact) mass is 509 g/mol. The van der Waals surface area contributed by atoms with E-state index in [1.807, 2.05) is 19.9 Å². The number of aromatic nitrogens is 3. The number of aliphatic hydroxyl groups is 1. The Hall–Kier alpha value is -4.05. The maximum absolute atomic E-state index is 15.0. The number of rotatable bonds is 5. The Morgan fingerprint density at radius 1 is 1.14 bits per heavy atom. The molecule has 0 aliphatic carbocycles. The molecule has 1 saturated heterocycles. The lowest BCUT2D eigenvalue weighted by Gasteiger charge is -2.31. The van der Waals surface area contributed by atoms with Crippen molar-refractivity contribution in [3.05, 3.63) is 70.8 Å². The number of methoxy groups -OCH3 is 1. The van der Waals surface area contributed by atoms with Gasteiger partial charge in [0.05, 0.1) is 52.9 Å². The van der Waals surface area contributed by atoms with Crippen molar-refractivity contribution in [1.29, 1.82) is 0 Å². The summed E-state index contributed by atoms with van der Waals surface area (Å²) in [6.07, 6.45) is 4.26. The molecule has 37 heavy (non-hydrogen) atoms. The third kappa shape index (κ3) is 5.39. The molecule has 3 N–H and O–H groups in total.